The van der Waals surface area contributed by atoms with E-state index in [1.54, 1.807) is 14.2 Å². The van der Waals surface area contributed by atoms with Gasteiger partial charge in [-0.15, -0.1) is 0 Å². The molecule has 1 fully saturated rings. The molecule has 0 unspecified atom stereocenters. The molecule has 5 rings (SSSR count). The summed E-state index contributed by atoms with van der Waals surface area (Å²) in [5.41, 5.74) is 4.19. The Kier molecular flexibility index (Phi) is 2.54. The smallest absolute Gasteiger partial charge is 0.169 e. The van der Waals surface area contributed by atoms with Crippen LogP contribution in [-0.4, -0.2) is 44.9 Å². The normalized spacial score (nSPS) is 33.3. The van der Waals surface area contributed by atoms with Crippen molar-refractivity contribution in [3.05, 3.63) is 46.7 Å². The van der Waals surface area contributed by atoms with Crippen LogP contribution in [0.15, 0.2) is 35.6 Å². The van der Waals surface area contributed by atoms with Crippen molar-refractivity contribution in [2.24, 2.45) is 0 Å². The average molecular weight is 311 g/mol. The van der Waals surface area contributed by atoms with Crippen molar-refractivity contribution in [2.75, 3.05) is 27.8 Å². The van der Waals surface area contributed by atoms with Gasteiger partial charge in [0.25, 0.3) is 0 Å². The van der Waals surface area contributed by atoms with E-state index in [9.17, 15) is 0 Å². The maximum absolute atomic E-state index is 6.43. The molecule has 0 aromatic heterocycles. The van der Waals surface area contributed by atoms with Crippen LogP contribution in [0.25, 0.3) is 0 Å². The van der Waals surface area contributed by atoms with Crippen molar-refractivity contribution in [2.45, 2.75) is 30.4 Å². The van der Waals surface area contributed by atoms with Gasteiger partial charge in [0.1, 0.15) is 17.3 Å². The van der Waals surface area contributed by atoms with Crippen LogP contribution in [0, 0.1) is 0 Å². The monoisotopic (exact) mass is 311 g/mol. The first kappa shape index (κ1) is 13.5. The summed E-state index contributed by atoms with van der Waals surface area (Å²) in [5, 5.41) is 0. The molecule has 0 radical (unpaired) electrons. The summed E-state index contributed by atoms with van der Waals surface area (Å²) in [4.78, 5) is 2.47. The zero-order chi connectivity index (χ0) is 15.8. The topological polar surface area (TPSA) is 30.9 Å². The third-order valence-electron chi connectivity index (χ3n) is 6.13. The van der Waals surface area contributed by atoms with E-state index >= 15 is 0 Å². The average Bonchev–Trinajstić information content (AvgIpc) is 2.90. The lowest BCUT2D eigenvalue weighted by atomic mass is 9.57. The molecule has 0 amide bonds. The zero-order valence-corrected chi connectivity index (χ0v) is 13.8. The molecule has 23 heavy (non-hydrogen) atoms. The number of nitrogens with zero attached hydrogens (tertiary/aromatic N) is 1. The fraction of sp³-hybridized carbons (Fsp3) is 0.474. The lowest BCUT2D eigenvalue weighted by Crippen LogP contribution is -2.58. The van der Waals surface area contributed by atoms with Gasteiger partial charge in [-0.1, -0.05) is 6.08 Å². The molecule has 4 aliphatic rings. The van der Waals surface area contributed by atoms with E-state index in [4.69, 9.17) is 14.2 Å². The summed E-state index contributed by atoms with van der Waals surface area (Å²) < 4.78 is 17.6. The number of hydrogen-bond acceptors (Lipinski definition) is 4. The predicted octanol–water partition coefficient (Wildman–Crippen LogP) is 2.42. The Bertz CT molecular complexity index is 766. The number of methoxy groups -OCH3 is 2. The minimum atomic E-state index is -0.0491. The second-order valence-corrected chi connectivity index (χ2v) is 6.97. The van der Waals surface area contributed by atoms with Crippen LogP contribution in [0.1, 0.15) is 17.5 Å². The molecular formula is C19H21NO3. The second kappa shape index (κ2) is 4.32. The van der Waals surface area contributed by atoms with Gasteiger partial charge >= 0.3 is 0 Å². The Morgan fingerprint density at radius 1 is 1.22 bits per heavy atom. The molecule has 2 heterocycles. The van der Waals surface area contributed by atoms with Crippen molar-refractivity contribution in [1.82, 2.24) is 4.90 Å². The van der Waals surface area contributed by atoms with Crippen molar-refractivity contribution in [3.63, 3.8) is 0 Å². The standard InChI is InChI=1S/C19H21NO3/c1-20-7-6-19-13-4-5-15(22-3)18(19)23-16-10-12(21-2)8-11(17(16)19)9-14(13)20/h4-5,8,10,14,18H,6-7,9H2,1-3H3/t14-,18+,19+/m0/s1. The number of rotatable bonds is 2. The van der Waals surface area contributed by atoms with Crippen LogP contribution >= 0.6 is 0 Å². The van der Waals surface area contributed by atoms with E-state index < -0.39 is 0 Å². The number of ether oxygens (including phenoxy) is 3. The third-order valence-corrected chi connectivity index (χ3v) is 6.13. The molecule has 3 atom stereocenters. The van der Waals surface area contributed by atoms with Gasteiger partial charge in [0.2, 0.25) is 0 Å². The summed E-state index contributed by atoms with van der Waals surface area (Å²) in [6.45, 7) is 1.09. The first-order chi connectivity index (χ1) is 11.2. The number of likely N-dealkylation sites (tertiary alicyclic amines) is 1. The number of benzene rings is 1. The summed E-state index contributed by atoms with van der Waals surface area (Å²) in [6.07, 6.45) is 6.43. The number of hydrogen-bond donors (Lipinski definition) is 0. The van der Waals surface area contributed by atoms with Crippen LogP contribution in [-0.2, 0) is 16.6 Å². The Labute approximate surface area is 136 Å². The highest BCUT2D eigenvalue weighted by atomic mass is 16.5. The highest BCUT2D eigenvalue weighted by molar-refractivity contribution is 5.65. The molecule has 2 bridgehead atoms. The molecular weight excluding hydrogens is 290 g/mol. The van der Waals surface area contributed by atoms with Gasteiger partial charge in [0, 0.05) is 17.7 Å². The molecule has 4 nitrogen and oxygen atoms in total. The van der Waals surface area contributed by atoms with Gasteiger partial charge in [-0.25, -0.2) is 0 Å². The van der Waals surface area contributed by atoms with Crippen LogP contribution in [0.4, 0.5) is 0 Å². The quantitative estimate of drug-likeness (QED) is 0.839. The van der Waals surface area contributed by atoms with Crippen molar-refractivity contribution in [3.8, 4) is 11.5 Å². The molecule has 2 aliphatic carbocycles. The van der Waals surface area contributed by atoms with Crippen molar-refractivity contribution >= 4 is 0 Å². The molecule has 120 valence electrons. The zero-order valence-electron chi connectivity index (χ0n) is 13.8. The van der Waals surface area contributed by atoms with E-state index in [1.807, 2.05) is 6.07 Å². The van der Waals surface area contributed by atoms with E-state index in [0.717, 1.165) is 36.6 Å². The van der Waals surface area contributed by atoms with Crippen LogP contribution in [0.3, 0.4) is 0 Å². The Morgan fingerprint density at radius 2 is 2.09 bits per heavy atom. The largest absolute Gasteiger partial charge is 0.497 e. The highest BCUT2D eigenvalue weighted by Gasteiger charge is 2.61. The summed E-state index contributed by atoms with van der Waals surface area (Å²) in [5.74, 6) is 2.79. The maximum atomic E-state index is 6.43. The molecule has 0 saturated carbocycles. The van der Waals surface area contributed by atoms with Gasteiger partial charge < -0.3 is 14.2 Å². The molecule has 0 N–H and O–H groups in total. The molecule has 1 aromatic rings. The van der Waals surface area contributed by atoms with Crippen LogP contribution in [0.2, 0.25) is 0 Å². The Hall–Kier alpha value is -1.94. The van der Waals surface area contributed by atoms with Gasteiger partial charge in [-0.2, -0.15) is 0 Å². The number of piperidine rings is 1. The first-order valence-electron chi connectivity index (χ1n) is 8.23. The van der Waals surface area contributed by atoms with Gasteiger partial charge in [-0.3, -0.25) is 4.90 Å². The summed E-state index contributed by atoms with van der Waals surface area (Å²) in [7, 11) is 5.69. The molecule has 1 saturated heterocycles. The van der Waals surface area contributed by atoms with Crippen LogP contribution < -0.4 is 9.47 Å². The lowest BCUT2D eigenvalue weighted by Gasteiger charge is -2.52. The van der Waals surface area contributed by atoms with Gasteiger partial charge in [0.15, 0.2) is 6.10 Å². The molecule has 1 aromatic carbocycles. The number of allylic oxidation sites excluding steroid dienone is 2. The minimum absolute atomic E-state index is 0.0372. The first-order valence-corrected chi connectivity index (χ1v) is 8.23. The van der Waals surface area contributed by atoms with E-state index in [-0.39, 0.29) is 11.5 Å². The minimum Gasteiger partial charge on any atom is -0.497 e. The molecule has 4 heteroatoms. The van der Waals surface area contributed by atoms with Crippen molar-refractivity contribution in [1.29, 1.82) is 0 Å². The molecule has 1 spiro atoms. The second-order valence-electron chi connectivity index (χ2n) is 6.97. The van der Waals surface area contributed by atoms with Gasteiger partial charge in [0.05, 0.1) is 19.6 Å². The Morgan fingerprint density at radius 3 is 2.87 bits per heavy atom. The van der Waals surface area contributed by atoms with Gasteiger partial charge in [-0.05, 0) is 49.7 Å². The number of likely N-dealkylation sites (N-methyl/N-ethyl adjacent to an activating group) is 1. The van der Waals surface area contributed by atoms with Crippen molar-refractivity contribution < 1.29 is 14.2 Å². The lowest BCUT2D eigenvalue weighted by molar-refractivity contribution is 0.0743. The SMILES string of the molecule is COC1=CC=C2[C@@H]3Cc4cc(OC)cc5c4[C@]2(CCN3C)[C@@H]1O5. The Balaban J connectivity index is 1.82. The van der Waals surface area contributed by atoms with E-state index in [0.29, 0.717) is 6.04 Å². The summed E-state index contributed by atoms with van der Waals surface area (Å²) >= 11 is 0. The fourth-order valence-corrected chi connectivity index (χ4v) is 5.09. The maximum Gasteiger partial charge on any atom is 0.169 e. The fourth-order valence-electron chi connectivity index (χ4n) is 5.09. The van der Waals surface area contributed by atoms with E-state index in [2.05, 4.69) is 30.2 Å². The highest BCUT2D eigenvalue weighted by Crippen LogP contribution is 2.61. The van der Waals surface area contributed by atoms with E-state index in [1.165, 1.54) is 16.7 Å². The third kappa shape index (κ3) is 1.45. The van der Waals surface area contributed by atoms with Crippen LogP contribution in [0.5, 0.6) is 11.5 Å². The summed E-state index contributed by atoms with van der Waals surface area (Å²) in [6, 6.07) is 4.67. The molecule has 2 aliphatic heterocycles. The predicted molar refractivity (Wildman–Crippen MR) is 87.0 cm³/mol.